The van der Waals surface area contributed by atoms with Gasteiger partial charge in [-0.2, -0.15) is 0 Å². The molecule has 1 spiro atoms. The summed E-state index contributed by atoms with van der Waals surface area (Å²) in [6, 6.07) is 8.97. The maximum absolute atomic E-state index is 13.0. The van der Waals surface area contributed by atoms with Crippen molar-refractivity contribution in [1.29, 1.82) is 0 Å². The van der Waals surface area contributed by atoms with Crippen LogP contribution in [0.5, 0.6) is 0 Å². The first-order valence-electron chi connectivity index (χ1n) is 7.79. The number of imide groups is 1. The quantitative estimate of drug-likeness (QED) is 0.839. The molecule has 1 aromatic carbocycles. The van der Waals surface area contributed by atoms with Gasteiger partial charge in [-0.1, -0.05) is 18.2 Å². The highest BCUT2D eigenvalue weighted by Gasteiger charge is 2.68. The van der Waals surface area contributed by atoms with Crippen LogP contribution >= 0.6 is 0 Å². The highest BCUT2D eigenvalue weighted by Crippen LogP contribution is 2.61. The number of fused-ring (bicyclic) bond motifs is 2. The third-order valence-corrected chi connectivity index (χ3v) is 5.84. The van der Waals surface area contributed by atoms with E-state index >= 15 is 0 Å². The van der Waals surface area contributed by atoms with Gasteiger partial charge in [0.15, 0.2) is 0 Å². The van der Waals surface area contributed by atoms with Gasteiger partial charge in [-0.15, -0.1) is 0 Å². The summed E-state index contributed by atoms with van der Waals surface area (Å²) in [5.41, 5.74) is 5.46. The van der Waals surface area contributed by atoms with Crippen LogP contribution < -0.4 is 10.6 Å². The molecular weight excluding hydrogens is 280 g/mol. The highest BCUT2D eigenvalue weighted by molar-refractivity contribution is 6.24. The van der Waals surface area contributed by atoms with E-state index in [0.717, 1.165) is 12.8 Å². The predicted molar refractivity (Wildman–Crippen MR) is 79.5 cm³/mol. The molecule has 1 aliphatic heterocycles. The molecule has 22 heavy (non-hydrogen) atoms. The van der Waals surface area contributed by atoms with Crippen LogP contribution in [0.25, 0.3) is 0 Å². The Balaban J connectivity index is 1.83. The van der Waals surface area contributed by atoms with Crippen molar-refractivity contribution in [3.05, 3.63) is 30.3 Å². The van der Waals surface area contributed by atoms with Crippen molar-refractivity contribution in [3.8, 4) is 0 Å². The van der Waals surface area contributed by atoms with Crippen LogP contribution in [0.15, 0.2) is 30.3 Å². The number of para-hydroxylation sites is 1. The zero-order chi connectivity index (χ0) is 15.5. The number of anilines is 1. The van der Waals surface area contributed by atoms with Crippen LogP contribution in [0.3, 0.4) is 0 Å². The van der Waals surface area contributed by atoms with Gasteiger partial charge in [-0.25, -0.2) is 4.90 Å². The predicted octanol–water partition coefficient (Wildman–Crippen LogP) is 1.47. The summed E-state index contributed by atoms with van der Waals surface area (Å²) in [5.74, 6) is -1.73. The lowest BCUT2D eigenvalue weighted by Crippen LogP contribution is -2.54. The average molecular weight is 298 g/mol. The zero-order valence-corrected chi connectivity index (χ0v) is 12.2. The van der Waals surface area contributed by atoms with E-state index in [1.165, 1.54) is 4.90 Å². The lowest BCUT2D eigenvalue weighted by Gasteiger charge is -2.49. The van der Waals surface area contributed by atoms with E-state index < -0.39 is 23.2 Å². The molecule has 4 aliphatic rings. The van der Waals surface area contributed by atoms with Crippen molar-refractivity contribution in [1.82, 2.24) is 0 Å². The van der Waals surface area contributed by atoms with Crippen LogP contribution in [0.4, 0.5) is 5.69 Å². The highest BCUT2D eigenvalue weighted by atomic mass is 16.2. The minimum atomic E-state index is -0.707. The van der Waals surface area contributed by atoms with Gasteiger partial charge < -0.3 is 5.73 Å². The van der Waals surface area contributed by atoms with Crippen molar-refractivity contribution < 1.29 is 14.4 Å². The molecule has 2 atom stereocenters. The van der Waals surface area contributed by atoms with E-state index in [9.17, 15) is 14.4 Å². The molecule has 2 bridgehead atoms. The van der Waals surface area contributed by atoms with E-state index in [1.54, 1.807) is 24.3 Å². The molecule has 3 saturated carbocycles. The standard InChI is InChI=1S/C17H18N2O3/c18-14(20)12-10-6-8-17(9-7-10)13(12)15(21)19(16(17)22)11-4-2-1-3-5-11/h1-5,10,12-13H,6-9H2,(H2,18,20). The molecule has 1 saturated heterocycles. The summed E-state index contributed by atoms with van der Waals surface area (Å²) < 4.78 is 0. The Labute approximate surface area is 128 Å². The smallest absolute Gasteiger partial charge is 0.240 e. The summed E-state index contributed by atoms with van der Waals surface area (Å²) in [5, 5.41) is 0. The van der Waals surface area contributed by atoms with Crippen LogP contribution in [-0.2, 0) is 14.4 Å². The lowest BCUT2D eigenvalue weighted by molar-refractivity contribution is -0.150. The molecule has 5 nitrogen and oxygen atoms in total. The third-order valence-electron chi connectivity index (χ3n) is 5.84. The molecule has 1 heterocycles. The van der Waals surface area contributed by atoms with Gasteiger partial charge >= 0.3 is 0 Å². The first kappa shape index (κ1) is 13.5. The number of hydrogen-bond acceptors (Lipinski definition) is 3. The summed E-state index contributed by atoms with van der Waals surface area (Å²) in [6.07, 6.45) is 3.01. The third kappa shape index (κ3) is 1.51. The molecule has 2 unspecified atom stereocenters. The monoisotopic (exact) mass is 298 g/mol. The van der Waals surface area contributed by atoms with E-state index in [0.29, 0.717) is 18.5 Å². The molecule has 0 aromatic heterocycles. The zero-order valence-electron chi connectivity index (χ0n) is 12.2. The van der Waals surface area contributed by atoms with E-state index in [1.807, 2.05) is 6.07 Å². The lowest BCUT2D eigenvalue weighted by atomic mass is 9.51. The molecule has 5 heteroatoms. The fourth-order valence-electron chi connectivity index (χ4n) is 4.86. The number of amides is 3. The molecule has 4 fully saturated rings. The van der Waals surface area contributed by atoms with Gasteiger partial charge in [-0.05, 0) is 43.7 Å². The Morgan fingerprint density at radius 3 is 2.36 bits per heavy atom. The number of benzene rings is 1. The van der Waals surface area contributed by atoms with Gasteiger partial charge in [0.2, 0.25) is 17.7 Å². The summed E-state index contributed by atoms with van der Waals surface area (Å²) in [4.78, 5) is 39.2. The molecule has 3 aliphatic carbocycles. The largest absolute Gasteiger partial charge is 0.369 e. The van der Waals surface area contributed by atoms with E-state index in [-0.39, 0.29) is 17.7 Å². The molecule has 2 N–H and O–H groups in total. The van der Waals surface area contributed by atoms with Gasteiger partial charge in [0.1, 0.15) is 0 Å². The molecule has 1 aromatic rings. The van der Waals surface area contributed by atoms with Gasteiger partial charge in [0, 0.05) is 0 Å². The first-order chi connectivity index (χ1) is 10.6. The maximum atomic E-state index is 13.0. The Morgan fingerprint density at radius 1 is 1.14 bits per heavy atom. The molecule has 114 valence electrons. The number of nitrogens with two attached hydrogens (primary N) is 1. The van der Waals surface area contributed by atoms with Crippen LogP contribution in [0.2, 0.25) is 0 Å². The molecule has 3 amide bonds. The second-order valence-electron chi connectivity index (χ2n) is 6.71. The Morgan fingerprint density at radius 2 is 1.77 bits per heavy atom. The van der Waals surface area contributed by atoms with E-state index in [2.05, 4.69) is 0 Å². The molecule has 5 rings (SSSR count). The normalized spacial score (nSPS) is 36.5. The fraction of sp³-hybridized carbons (Fsp3) is 0.471. The minimum Gasteiger partial charge on any atom is -0.369 e. The van der Waals surface area contributed by atoms with Crippen molar-refractivity contribution in [2.24, 2.45) is 28.9 Å². The number of nitrogens with zero attached hydrogens (tertiary/aromatic N) is 1. The first-order valence-corrected chi connectivity index (χ1v) is 7.79. The number of carbonyl (C=O) groups excluding carboxylic acids is 3. The second kappa shape index (κ2) is 4.41. The summed E-state index contributed by atoms with van der Waals surface area (Å²) in [6.45, 7) is 0. The number of carbonyl (C=O) groups is 3. The van der Waals surface area contributed by atoms with Crippen molar-refractivity contribution in [2.75, 3.05) is 4.90 Å². The van der Waals surface area contributed by atoms with Crippen molar-refractivity contribution >= 4 is 23.4 Å². The van der Waals surface area contributed by atoms with Crippen molar-refractivity contribution in [3.63, 3.8) is 0 Å². The number of rotatable bonds is 2. The number of hydrogen-bond donors (Lipinski definition) is 1. The average Bonchev–Trinajstić information content (AvgIpc) is 2.77. The minimum absolute atomic E-state index is 0.141. The fourth-order valence-corrected chi connectivity index (χ4v) is 4.86. The topological polar surface area (TPSA) is 80.5 Å². The van der Waals surface area contributed by atoms with Crippen molar-refractivity contribution in [2.45, 2.75) is 25.7 Å². The van der Waals surface area contributed by atoms with Gasteiger partial charge in [0.25, 0.3) is 0 Å². The summed E-state index contributed by atoms with van der Waals surface area (Å²) >= 11 is 0. The molecular formula is C17H18N2O3. The Kier molecular flexibility index (Phi) is 2.71. The number of primary amides is 1. The van der Waals surface area contributed by atoms with Crippen LogP contribution in [0, 0.1) is 23.2 Å². The summed E-state index contributed by atoms with van der Waals surface area (Å²) in [7, 11) is 0. The Hall–Kier alpha value is -2.17. The van der Waals surface area contributed by atoms with Crippen LogP contribution in [-0.4, -0.2) is 17.7 Å². The second-order valence-corrected chi connectivity index (χ2v) is 6.71. The van der Waals surface area contributed by atoms with Gasteiger partial charge in [-0.3, -0.25) is 14.4 Å². The van der Waals surface area contributed by atoms with Crippen LogP contribution in [0.1, 0.15) is 25.7 Å². The SMILES string of the molecule is NC(=O)C1C2CCC3(CC2)C(=O)N(c2ccccc2)C(=O)C13. The molecule has 0 radical (unpaired) electrons. The van der Waals surface area contributed by atoms with E-state index in [4.69, 9.17) is 5.73 Å². The Bertz CT molecular complexity index is 662. The van der Waals surface area contributed by atoms with Gasteiger partial charge in [0.05, 0.1) is 22.9 Å². The maximum Gasteiger partial charge on any atom is 0.240 e.